The highest BCUT2D eigenvalue weighted by Gasteiger charge is 2.41. The second kappa shape index (κ2) is 1.87. The molecule has 0 aromatic heterocycles. The maximum Gasteiger partial charge on any atom is -0.0164 e. The molecule has 0 aliphatic heterocycles. The van der Waals surface area contributed by atoms with Crippen LogP contribution in [0.15, 0.2) is 11.6 Å². The van der Waals surface area contributed by atoms with E-state index in [2.05, 4.69) is 26.8 Å². The molecule has 0 aromatic rings. The number of hydrogen-bond donors (Lipinski definition) is 0. The number of rotatable bonds is 0. The highest BCUT2D eigenvalue weighted by atomic mass is 14.5. The second-order valence-corrected chi connectivity index (χ2v) is 4.13. The lowest BCUT2D eigenvalue weighted by Crippen LogP contribution is -2.27. The van der Waals surface area contributed by atoms with Crippen LogP contribution in [0, 0.1) is 23.7 Å². The molecule has 10 heavy (non-hydrogen) atoms. The van der Waals surface area contributed by atoms with Gasteiger partial charge in [0.25, 0.3) is 0 Å². The van der Waals surface area contributed by atoms with E-state index in [1.807, 2.05) is 0 Å². The lowest BCUT2D eigenvalue weighted by atomic mass is 9.69. The summed E-state index contributed by atoms with van der Waals surface area (Å²) in [5.74, 6) is 3.68. The zero-order valence-electron chi connectivity index (χ0n) is 7.09. The standard InChI is InChI=1S/C10H16/c1-6-4-9-7(2)5-10(9)8(6)3/h4,6-8,10H,5H2,1-3H3. The Morgan fingerprint density at radius 1 is 1.30 bits per heavy atom. The molecular formula is C10H16. The summed E-state index contributed by atoms with van der Waals surface area (Å²) in [6.45, 7) is 7.10. The predicted molar refractivity (Wildman–Crippen MR) is 43.7 cm³/mol. The largest absolute Gasteiger partial charge is 0.0816 e. The van der Waals surface area contributed by atoms with Crippen molar-refractivity contribution in [3.63, 3.8) is 0 Å². The van der Waals surface area contributed by atoms with Crippen LogP contribution in [-0.2, 0) is 0 Å². The maximum absolute atomic E-state index is 2.50. The fourth-order valence-electron chi connectivity index (χ4n) is 2.49. The molecule has 1 saturated carbocycles. The van der Waals surface area contributed by atoms with Crippen molar-refractivity contribution in [2.24, 2.45) is 23.7 Å². The van der Waals surface area contributed by atoms with Crippen LogP contribution in [0.2, 0.25) is 0 Å². The minimum atomic E-state index is 0.852. The van der Waals surface area contributed by atoms with Crippen LogP contribution in [-0.4, -0.2) is 0 Å². The lowest BCUT2D eigenvalue weighted by molar-refractivity contribution is 0.251. The van der Waals surface area contributed by atoms with E-state index < -0.39 is 0 Å². The van der Waals surface area contributed by atoms with Crippen molar-refractivity contribution in [3.8, 4) is 0 Å². The Balaban J connectivity index is 2.19. The molecule has 0 heterocycles. The molecule has 0 spiro atoms. The van der Waals surface area contributed by atoms with Crippen LogP contribution in [0.4, 0.5) is 0 Å². The lowest BCUT2D eigenvalue weighted by Gasteiger charge is -2.36. The Labute approximate surface area is 63.3 Å². The van der Waals surface area contributed by atoms with Crippen molar-refractivity contribution < 1.29 is 0 Å². The number of hydrogen-bond acceptors (Lipinski definition) is 0. The predicted octanol–water partition coefficient (Wildman–Crippen LogP) is 2.85. The van der Waals surface area contributed by atoms with E-state index in [1.165, 1.54) is 6.42 Å². The molecule has 56 valence electrons. The summed E-state index contributed by atoms with van der Waals surface area (Å²) in [6.07, 6.45) is 3.96. The average Bonchev–Trinajstić information content (AvgIpc) is 2.12. The number of fused-ring (bicyclic) bond motifs is 1. The van der Waals surface area contributed by atoms with Crippen molar-refractivity contribution in [2.75, 3.05) is 0 Å². The van der Waals surface area contributed by atoms with Gasteiger partial charge >= 0.3 is 0 Å². The minimum absolute atomic E-state index is 0.852. The first kappa shape index (κ1) is 6.45. The summed E-state index contributed by atoms with van der Waals surface area (Å²) in [4.78, 5) is 0. The van der Waals surface area contributed by atoms with E-state index in [0.29, 0.717) is 0 Å². The molecule has 0 saturated heterocycles. The highest BCUT2D eigenvalue weighted by molar-refractivity contribution is 5.26. The molecular weight excluding hydrogens is 120 g/mol. The van der Waals surface area contributed by atoms with Gasteiger partial charge < -0.3 is 0 Å². The molecule has 0 nitrogen and oxygen atoms in total. The summed E-state index contributed by atoms with van der Waals surface area (Å²) < 4.78 is 0. The first-order chi connectivity index (χ1) is 4.70. The van der Waals surface area contributed by atoms with E-state index in [-0.39, 0.29) is 0 Å². The fourth-order valence-corrected chi connectivity index (χ4v) is 2.49. The van der Waals surface area contributed by atoms with Crippen LogP contribution in [0.25, 0.3) is 0 Å². The normalized spacial score (nSPS) is 51.7. The van der Waals surface area contributed by atoms with Gasteiger partial charge in [0, 0.05) is 0 Å². The molecule has 0 aromatic carbocycles. The highest BCUT2D eigenvalue weighted by Crippen LogP contribution is 2.51. The van der Waals surface area contributed by atoms with E-state index in [1.54, 1.807) is 5.57 Å². The second-order valence-electron chi connectivity index (χ2n) is 4.13. The van der Waals surface area contributed by atoms with E-state index in [4.69, 9.17) is 0 Å². The van der Waals surface area contributed by atoms with Gasteiger partial charge in [0.15, 0.2) is 0 Å². The Kier molecular flexibility index (Phi) is 1.21. The Morgan fingerprint density at radius 3 is 2.40 bits per heavy atom. The molecule has 0 N–H and O–H groups in total. The first-order valence-corrected chi connectivity index (χ1v) is 4.41. The van der Waals surface area contributed by atoms with Gasteiger partial charge in [0.1, 0.15) is 0 Å². The van der Waals surface area contributed by atoms with Crippen LogP contribution < -0.4 is 0 Å². The molecule has 0 amide bonds. The van der Waals surface area contributed by atoms with Crippen molar-refractivity contribution in [2.45, 2.75) is 27.2 Å². The summed E-state index contributed by atoms with van der Waals surface area (Å²) in [5.41, 5.74) is 1.76. The Bertz CT molecular complexity index is 178. The van der Waals surface area contributed by atoms with Gasteiger partial charge in [-0.05, 0) is 30.1 Å². The van der Waals surface area contributed by atoms with Crippen molar-refractivity contribution >= 4 is 0 Å². The van der Waals surface area contributed by atoms with Gasteiger partial charge in [0.05, 0.1) is 0 Å². The van der Waals surface area contributed by atoms with Gasteiger partial charge in [-0.2, -0.15) is 0 Å². The topological polar surface area (TPSA) is 0 Å². The third-order valence-corrected chi connectivity index (χ3v) is 3.52. The SMILES string of the molecule is CC1CC2C1=CC(C)C2C. The third kappa shape index (κ3) is 0.624. The van der Waals surface area contributed by atoms with Gasteiger partial charge in [-0.25, -0.2) is 0 Å². The van der Waals surface area contributed by atoms with E-state index >= 15 is 0 Å². The number of allylic oxidation sites excluding steroid dienone is 2. The fraction of sp³-hybridized carbons (Fsp3) is 0.800. The van der Waals surface area contributed by atoms with Gasteiger partial charge in [0.2, 0.25) is 0 Å². The van der Waals surface area contributed by atoms with Gasteiger partial charge in [-0.1, -0.05) is 32.4 Å². The Morgan fingerprint density at radius 2 is 2.00 bits per heavy atom. The monoisotopic (exact) mass is 136 g/mol. The van der Waals surface area contributed by atoms with E-state index in [0.717, 1.165) is 23.7 Å². The molecule has 2 aliphatic rings. The van der Waals surface area contributed by atoms with Crippen molar-refractivity contribution in [3.05, 3.63) is 11.6 Å². The maximum atomic E-state index is 2.50. The molecule has 2 rings (SSSR count). The summed E-state index contributed by atoms with van der Waals surface area (Å²) in [5, 5.41) is 0. The summed E-state index contributed by atoms with van der Waals surface area (Å²) >= 11 is 0. The third-order valence-electron chi connectivity index (χ3n) is 3.52. The molecule has 0 heteroatoms. The molecule has 4 atom stereocenters. The molecule has 0 radical (unpaired) electrons. The van der Waals surface area contributed by atoms with Crippen molar-refractivity contribution in [1.82, 2.24) is 0 Å². The van der Waals surface area contributed by atoms with Crippen LogP contribution in [0.5, 0.6) is 0 Å². The zero-order chi connectivity index (χ0) is 7.30. The van der Waals surface area contributed by atoms with Crippen LogP contribution in [0.1, 0.15) is 27.2 Å². The average molecular weight is 136 g/mol. The summed E-state index contributed by atoms with van der Waals surface area (Å²) in [6, 6.07) is 0. The summed E-state index contributed by atoms with van der Waals surface area (Å²) in [7, 11) is 0. The van der Waals surface area contributed by atoms with Gasteiger partial charge in [-0.3, -0.25) is 0 Å². The van der Waals surface area contributed by atoms with E-state index in [9.17, 15) is 0 Å². The minimum Gasteiger partial charge on any atom is -0.0816 e. The molecule has 0 bridgehead atoms. The van der Waals surface area contributed by atoms with Gasteiger partial charge in [-0.15, -0.1) is 0 Å². The van der Waals surface area contributed by atoms with Crippen LogP contribution in [0.3, 0.4) is 0 Å². The van der Waals surface area contributed by atoms with Crippen molar-refractivity contribution in [1.29, 1.82) is 0 Å². The smallest absolute Gasteiger partial charge is 0.0164 e. The molecule has 1 fully saturated rings. The quantitative estimate of drug-likeness (QED) is 0.449. The first-order valence-electron chi connectivity index (χ1n) is 4.41. The van der Waals surface area contributed by atoms with Crippen LogP contribution >= 0.6 is 0 Å². The Hall–Kier alpha value is -0.260. The zero-order valence-corrected chi connectivity index (χ0v) is 7.09. The molecule has 2 aliphatic carbocycles. The molecule has 4 unspecified atom stereocenters.